The van der Waals surface area contributed by atoms with Crippen molar-refractivity contribution in [3.63, 3.8) is 0 Å². The summed E-state index contributed by atoms with van der Waals surface area (Å²) in [7, 11) is -7.39. The maximum Gasteiger partial charge on any atom is 0.258 e. The Morgan fingerprint density at radius 1 is 0.938 bits per heavy atom. The van der Waals surface area contributed by atoms with E-state index in [1.807, 2.05) is 0 Å². The standard InChI is InChI=1S/C21H20N4O5S2/c26-21(16-9-3-1-4-10-16)22-20-18-13-7-8-14-19(18)23-25(20)24(15-31(27)28)32(29,30)17-11-5-2-6-12-17/h1-14,20,23,31H,15H2,(H,22,26). The van der Waals surface area contributed by atoms with Crippen LogP contribution < -0.4 is 10.7 Å². The molecule has 166 valence electrons. The van der Waals surface area contributed by atoms with Gasteiger partial charge in [-0.25, -0.2) is 16.8 Å². The van der Waals surface area contributed by atoms with Gasteiger partial charge in [-0.15, -0.1) is 5.12 Å². The summed E-state index contributed by atoms with van der Waals surface area (Å²) in [6, 6.07) is 22.9. The van der Waals surface area contributed by atoms with Crippen molar-refractivity contribution in [1.82, 2.24) is 14.8 Å². The second-order valence-electron chi connectivity index (χ2n) is 6.90. The van der Waals surface area contributed by atoms with Crippen LogP contribution >= 0.6 is 0 Å². The highest BCUT2D eigenvalue weighted by Gasteiger charge is 2.41. The number of rotatable bonds is 7. The van der Waals surface area contributed by atoms with Crippen LogP contribution in [0.2, 0.25) is 0 Å². The Hall–Kier alpha value is -3.25. The van der Waals surface area contributed by atoms with E-state index >= 15 is 0 Å². The second kappa shape index (κ2) is 9.09. The summed E-state index contributed by atoms with van der Waals surface area (Å²) >= 11 is 0. The van der Waals surface area contributed by atoms with Gasteiger partial charge >= 0.3 is 0 Å². The van der Waals surface area contributed by atoms with E-state index in [0.717, 1.165) is 5.12 Å². The maximum absolute atomic E-state index is 13.4. The molecular formula is C21H20N4O5S2. The molecule has 3 aromatic carbocycles. The summed E-state index contributed by atoms with van der Waals surface area (Å²) in [5.41, 5.74) is 4.43. The molecule has 2 N–H and O–H groups in total. The van der Waals surface area contributed by atoms with Gasteiger partial charge in [-0.2, -0.15) is 0 Å². The third kappa shape index (κ3) is 4.36. The van der Waals surface area contributed by atoms with Gasteiger partial charge in [0, 0.05) is 11.1 Å². The number of carbonyl (C=O) groups excluding carboxylic acids is 1. The van der Waals surface area contributed by atoms with E-state index in [2.05, 4.69) is 10.7 Å². The molecule has 1 aliphatic rings. The highest BCUT2D eigenvalue weighted by atomic mass is 32.2. The summed E-state index contributed by atoms with van der Waals surface area (Å²) in [4.78, 5) is 12.8. The first-order valence-corrected chi connectivity index (χ1v) is 12.4. The smallest absolute Gasteiger partial charge is 0.258 e. The van der Waals surface area contributed by atoms with Crippen molar-refractivity contribution in [1.29, 1.82) is 0 Å². The van der Waals surface area contributed by atoms with Gasteiger partial charge in [0.05, 0.1) is 10.6 Å². The normalized spacial score (nSPS) is 16.0. The Labute approximate surface area is 187 Å². The molecule has 1 atom stereocenters. The van der Waals surface area contributed by atoms with Gasteiger partial charge in [0.2, 0.25) is 0 Å². The van der Waals surface area contributed by atoms with E-state index in [4.69, 9.17) is 0 Å². The fraction of sp³-hybridized carbons (Fsp3) is 0.0952. The molecular weight excluding hydrogens is 452 g/mol. The molecule has 0 saturated carbocycles. The number of para-hydroxylation sites is 1. The number of nitrogens with zero attached hydrogens (tertiary/aromatic N) is 2. The molecule has 0 saturated heterocycles. The minimum Gasteiger partial charge on any atom is -0.330 e. The number of anilines is 1. The number of sulfonamides is 1. The molecule has 9 nitrogen and oxygen atoms in total. The fourth-order valence-electron chi connectivity index (χ4n) is 3.35. The van der Waals surface area contributed by atoms with Crippen molar-refractivity contribution in [2.45, 2.75) is 11.1 Å². The highest BCUT2D eigenvalue weighted by Crippen LogP contribution is 2.36. The van der Waals surface area contributed by atoms with Crippen molar-refractivity contribution in [2.75, 3.05) is 11.3 Å². The first-order valence-electron chi connectivity index (χ1n) is 9.58. The molecule has 1 aliphatic heterocycles. The maximum atomic E-state index is 13.4. The number of hydrogen-bond donors (Lipinski definition) is 3. The third-order valence-electron chi connectivity index (χ3n) is 4.83. The molecule has 11 heteroatoms. The number of amides is 1. The van der Waals surface area contributed by atoms with Gasteiger partial charge in [0.1, 0.15) is 12.0 Å². The monoisotopic (exact) mass is 472 g/mol. The zero-order chi connectivity index (χ0) is 22.7. The molecule has 0 aliphatic carbocycles. The van der Waals surface area contributed by atoms with Crippen LogP contribution in [-0.4, -0.2) is 38.2 Å². The van der Waals surface area contributed by atoms with Crippen molar-refractivity contribution < 1.29 is 21.6 Å². The highest BCUT2D eigenvalue weighted by molar-refractivity contribution is 7.89. The van der Waals surface area contributed by atoms with Crippen molar-refractivity contribution in [2.24, 2.45) is 0 Å². The summed E-state index contributed by atoms with van der Waals surface area (Å²) in [6.45, 7) is 0. The van der Waals surface area contributed by atoms with Gasteiger partial charge in [0.15, 0.2) is 10.7 Å². The molecule has 0 fully saturated rings. The van der Waals surface area contributed by atoms with Gasteiger partial charge in [-0.05, 0) is 30.3 Å². The lowest BCUT2D eigenvalue weighted by Crippen LogP contribution is -2.53. The van der Waals surface area contributed by atoms with E-state index < -0.39 is 38.7 Å². The lowest BCUT2D eigenvalue weighted by Gasteiger charge is -2.33. The minimum atomic E-state index is -4.27. The predicted molar refractivity (Wildman–Crippen MR) is 119 cm³/mol. The fourth-order valence-corrected chi connectivity index (χ4v) is 5.69. The van der Waals surface area contributed by atoms with Crippen LogP contribution in [0.5, 0.6) is 0 Å². The summed E-state index contributed by atoms with van der Waals surface area (Å²) in [5, 5.41) is 3.92. The molecule has 0 spiro atoms. The van der Waals surface area contributed by atoms with Crippen molar-refractivity contribution in [3.05, 3.63) is 96.1 Å². The van der Waals surface area contributed by atoms with Gasteiger partial charge in [0.25, 0.3) is 15.9 Å². The van der Waals surface area contributed by atoms with Gasteiger partial charge in [-0.3, -0.25) is 4.79 Å². The zero-order valence-electron chi connectivity index (χ0n) is 16.7. The Morgan fingerprint density at radius 3 is 2.19 bits per heavy atom. The van der Waals surface area contributed by atoms with Crippen LogP contribution in [0.3, 0.4) is 0 Å². The Morgan fingerprint density at radius 2 is 1.53 bits per heavy atom. The van der Waals surface area contributed by atoms with E-state index in [1.165, 1.54) is 12.1 Å². The molecule has 1 heterocycles. The van der Waals surface area contributed by atoms with E-state index in [-0.39, 0.29) is 4.90 Å². The number of benzene rings is 3. The quantitative estimate of drug-likeness (QED) is 0.450. The molecule has 32 heavy (non-hydrogen) atoms. The number of nitrogens with one attached hydrogen (secondary N) is 2. The molecule has 1 unspecified atom stereocenters. The Kier molecular flexibility index (Phi) is 6.24. The van der Waals surface area contributed by atoms with Crippen LogP contribution in [0.4, 0.5) is 5.69 Å². The lowest BCUT2D eigenvalue weighted by molar-refractivity contribution is 0.0450. The number of carbonyl (C=O) groups is 1. The SMILES string of the molecule is O=C(NC1c2ccccc2NN1N(C[SH](=O)=O)S(=O)(=O)c1ccccc1)c1ccccc1. The molecule has 3 aromatic rings. The molecule has 1 amide bonds. The Balaban J connectivity index is 1.76. The van der Waals surface area contributed by atoms with Crippen LogP contribution in [0.1, 0.15) is 22.1 Å². The minimum absolute atomic E-state index is 0.0808. The van der Waals surface area contributed by atoms with E-state index in [9.17, 15) is 21.6 Å². The molecule has 0 aromatic heterocycles. The lowest BCUT2D eigenvalue weighted by atomic mass is 10.1. The topological polar surface area (TPSA) is 116 Å². The number of fused-ring (bicyclic) bond motifs is 1. The molecule has 0 radical (unpaired) electrons. The van der Waals surface area contributed by atoms with Crippen molar-refractivity contribution >= 4 is 32.3 Å². The van der Waals surface area contributed by atoms with E-state index in [0.29, 0.717) is 21.2 Å². The first-order chi connectivity index (χ1) is 15.4. The third-order valence-corrected chi connectivity index (χ3v) is 7.25. The van der Waals surface area contributed by atoms with Crippen LogP contribution in [0.15, 0.2) is 89.8 Å². The number of hydrazine groups is 2. The number of hydrogen-bond acceptors (Lipinski definition) is 7. The Bertz CT molecular complexity index is 1290. The van der Waals surface area contributed by atoms with Crippen LogP contribution in [0, 0.1) is 0 Å². The predicted octanol–water partition coefficient (Wildman–Crippen LogP) is 1.93. The summed E-state index contributed by atoms with van der Waals surface area (Å²) in [5.74, 6) is -1.26. The van der Waals surface area contributed by atoms with Crippen LogP contribution in [0.25, 0.3) is 0 Å². The average Bonchev–Trinajstić information content (AvgIpc) is 3.16. The molecule has 0 bridgehead atoms. The largest absolute Gasteiger partial charge is 0.330 e. The number of thiol groups is 1. The average molecular weight is 473 g/mol. The summed E-state index contributed by atoms with van der Waals surface area (Å²) in [6.07, 6.45) is -0.979. The van der Waals surface area contributed by atoms with Gasteiger partial charge in [-0.1, -0.05) is 59.0 Å². The van der Waals surface area contributed by atoms with Crippen molar-refractivity contribution in [3.8, 4) is 0 Å². The molecule has 4 rings (SSSR count). The van der Waals surface area contributed by atoms with Gasteiger partial charge < -0.3 is 10.7 Å². The van der Waals surface area contributed by atoms with Crippen LogP contribution in [-0.2, 0) is 20.7 Å². The first kappa shape index (κ1) is 22.0. The zero-order valence-corrected chi connectivity index (χ0v) is 18.4. The summed E-state index contributed by atoms with van der Waals surface area (Å²) < 4.78 is 50.8. The second-order valence-corrected chi connectivity index (χ2v) is 9.69. The van der Waals surface area contributed by atoms with E-state index in [1.54, 1.807) is 72.8 Å².